The van der Waals surface area contributed by atoms with Crippen LogP contribution in [0.25, 0.3) is 0 Å². The van der Waals surface area contributed by atoms with Crippen LogP contribution in [0.4, 0.5) is 4.39 Å². The smallest absolute Gasteiger partial charge is 0.251 e. The molecular formula is C19H21FN2O3. The summed E-state index contributed by atoms with van der Waals surface area (Å²) in [5.41, 5.74) is 1.27. The van der Waals surface area contributed by atoms with Gasteiger partial charge in [-0.15, -0.1) is 0 Å². The fraction of sp³-hybridized carbons (Fsp3) is 0.263. The van der Waals surface area contributed by atoms with E-state index in [1.54, 1.807) is 12.0 Å². The van der Waals surface area contributed by atoms with Crippen molar-refractivity contribution in [2.75, 3.05) is 20.2 Å². The van der Waals surface area contributed by atoms with Crippen molar-refractivity contribution in [3.8, 4) is 5.75 Å². The second kappa shape index (κ2) is 8.82. The van der Waals surface area contributed by atoms with Gasteiger partial charge in [-0.1, -0.05) is 18.2 Å². The van der Waals surface area contributed by atoms with Gasteiger partial charge in [0.25, 0.3) is 5.91 Å². The molecule has 2 aromatic rings. The number of amides is 2. The van der Waals surface area contributed by atoms with E-state index in [4.69, 9.17) is 4.74 Å². The summed E-state index contributed by atoms with van der Waals surface area (Å²) >= 11 is 0. The Labute approximate surface area is 146 Å². The molecule has 2 rings (SSSR count). The van der Waals surface area contributed by atoms with Crippen LogP contribution >= 0.6 is 0 Å². The van der Waals surface area contributed by atoms with Crippen molar-refractivity contribution in [3.05, 3.63) is 65.5 Å². The maximum Gasteiger partial charge on any atom is 0.251 e. The average molecular weight is 344 g/mol. The summed E-state index contributed by atoms with van der Waals surface area (Å²) in [6.45, 7) is 2.54. The highest BCUT2D eigenvalue weighted by Crippen LogP contribution is 2.19. The molecule has 0 aliphatic rings. The number of rotatable bonds is 7. The lowest BCUT2D eigenvalue weighted by Gasteiger charge is -2.22. The lowest BCUT2D eigenvalue weighted by molar-refractivity contribution is -0.129. The molecular weight excluding hydrogens is 323 g/mol. The summed E-state index contributed by atoms with van der Waals surface area (Å²) in [7, 11) is 1.58. The third-order valence-corrected chi connectivity index (χ3v) is 3.77. The van der Waals surface area contributed by atoms with E-state index in [-0.39, 0.29) is 11.8 Å². The Hall–Kier alpha value is -2.89. The lowest BCUT2D eigenvalue weighted by atomic mass is 10.2. The van der Waals surface area contributed by atoms with Gasteiger partial charge in [0.15, 0.2) is 0 Å². The summed E-state index contributed by atoms with van der Waals surface area (Å²) < 4.78 is 18.2. The molecule has 0 saturated heterocycles. The Morgan fingerprint density at radius 1 is 1.12 bits per heavy atom. The molecule has 25 heavy (non-hydrogen) atoms. The van der Waals surface area contributed by atoms with Crippen LogP contribution in [-0.4, -0.2) is 36.9 Å². The van der Waals surface area contributed by atoms with Crippen molar-refractivity contribution in [2.24, 2.45) is 0 Å². The molecule has 0 aliphatic carbocycles. The van der Waals surface area contributed by atoms with Gasteiger partial charge in [0, 0.05) is 37.7 Å². The fourth-order valence-corrected chi connectivity index (χ4v) is 2.39. The molecule has 132 valence electrons. The van der Waals surface area contributed by atoms with Crippen LogP contribution < -0.4 is 10.1 Å². The predicted octanol–water partition coefficient (Wildman–Crippen LogP) is 2.61. The first-order valence-electron chi connectivity index (χ1n) is 7.92. The average Bonchev–Trinajstić information content (AvgIpc) is 2.61. The summed E-state index contributed by atoms with van der Waals surface area (Å²) in [6.07, 6.45) is 0. The Bertz CT molecular complexity index is 732. The van der Waals surface area contributed by atoms with Crippen LogP contribution in [0, 0.1) is 5.82 Å². The second-order valence-corrected chi connectivity index (χ2v) is 5.52. The number of hydrogen-bond donors (Lipinski definition) is 1. The minimum atomic E-state index is -0.392. The minimum absolute atomic E-state index is 0.0954. The normalized spacial score (nSPS) is 10.2. The first-order valence-corrected chi connectivity index (χ1v) is 7.92. The Kier molecular flexibility index (Phi) is 6.51. The van der Waals surface area contributed by atoms with Crippen molar-refractivity contribution < 1.29 is 18.7 Å². The van der Waals surface area contributed by atoms with E-state index < -0.39 is 5.82 Å². The third-order valence-electron chi connectivity index (χ3n) is 3.77. The summed E-state index contributed by atoms with van der Waals surface area (Å²) in [6, 6.07) is 12.8. The highest BCUT2D eigenvalue weighted by molar-refractivity contribution is 5.94. The van der Waals surface area contributed by atoms with Gasteiger partial charge in [0.1, 0.15) is 11.6 Å². The molecule has 0 bridgehead atoms. The van der Waals surface area contributed by atoms with Gasteiger partial charge in [0.05, 0.1) is 7.11 Å². The molecule has 5 nitrogen and oxygen atoms in total. The molecule has 0 atom stereocenters. The number of methoxy groups -OCH3 is 1. The maximum atomic E-state index is 12.9. The van der Waals surface area contributed by atoms with Gasteiger partial charge in [0.2, 0.25) is 5.91 Å². The van der Waals surface area contributed by atoms with Crippen LogP contribution in [0.1, 0.15) is 22.8 Å². The van der Waals surface area contributed by atoms with Gasteiger partial charge in [-0.05, 0) is 30.3 Å². The highest BCUT2D eigenvalue weighted by atomic mass is 19.1. The molecule has 0 spiro atoms. The van der Waals surface area contributed by atoms with Crippen LogP contribution in [0.3, 0.4) is 0 Å². The lowest BCUT2D eigenvalue weighted by Crippen LogP contribution is -2.37. The Balaban J connectivity index is 1.92. The van der Waals surface area contributed by atoms with Crippen molar-refractivity contribution in [2.45, 2.75) is 13.5 Å². The first-order chi connectivity index (χ1) is 12.0. The summed E-state index contributed by atoms with van der Waals surface area (Å²) in [5.74, 6) is -0.0806. The largest absolute Gasteiger partial charge is 0.496 e. The van der Waals surface area contributed by atoms with E-state index in [1.165, 1.54) is 31.2 Å². The molecule has 0 saturated carbocycles. The second-order valence-electron chi connectivity index (χ2n) is 5.52. The van der Waals surface area contributed by atoms with Crippen LogP contribution in [0.2, 0.25) is 0 Å². The molecule has 6 heteroatoms. The van der Waals surface area contributed by atoms with Gasteiger partial charge in [-0.2, -0.15) is 0 Å². The van der Waals surface area contributed by atoms with E-state index in [0.717, 1.165) is 5.56 Å². The van der Waals surface area contributed by atoms with Crippen LogP contribution in [-0.2, 0) is 11.3 Å². The molecule has 2 amide bonds. The van der Waals surface area contributed by atoms with E-state index >= 15 is 0 Å². The van der Waals surface area contributed by atoms with E-state index in [0.29, 0.717) is 30.9 Å². The zero-order valence-electron chi connectivity index (χ0n) is 14.3. The fourth-order valence-electron chi connectivity index (χ4n) is 2.39. The number of ether oxygens (including phenoxy) is 1. The van der Waals surface area contributed by atoms with Crippen molar-refractivity contribution >= 4 is 11.8 Å². The summed E-state index contributed by atoms with van der Waals surface area (Å²) in [5, 5.41) is 2.73. The third kappa shape index (κ3) is 5.31. The first kappa shape index (κ1) is 18.4. The highest BCUT2D eigenvalue weighted by Gasteiger charge is 2.13. The molecule has 0 heterocycles. The maximum absolute atomic E-state index is 12.9. The van der Waals surface area contributed by atoms with Crippen molar-refractivity contribution in [3.63, 3.8) is 0 Å². The molecule has 1 N–H and O–H groups in total. The quantitative estimate of drug-likeness (QED) is 0.840. The molecule has 0 aromatic heterocycles. The molecule has 0 aliphatic heterocycles. The van der Waals surface area contributed by atoms with Gasteiger partial charge < -0.3 is 15.0 Å². The molecule has 0 unspecified atom stereocenters. The topological polar surface area (TPSA) is 58.6 Å². The SMILES string of the molecule is COc1ccccc1CN(CCNC(=O)c1ccc(F)cc1)C(C)=O. The predicted molar refractivity (Wildman–Crippen MR) is 92.8 cm³/mol. The molecule has 0 radical (unpaired) electrons. The number of benzene rings is 2. The number of nitrogens with one attached hydrogen (secondary N) is 1. The Morgan fingerprint density at radius 3 is 2.44 bits per heavy atom. The standard InChI is InChI=1S/C19H21FN2O3/c1-14(23)22(13-16-5-3-4-6-18(16)25-2)12-11-21-19(24)15-7-9-17(20)10-8-15/h3-10H,11-13H2,1-2H3,(H,21,24). The Morgan fingerprint density at radius 2 is 1.80 bits per heavy atom. The summed E-state index contributed by atoms with van der Waals surface area (Å²) in [4.78, 5) is 25.5. The number of hydrogen-bond acceptors (Lipinski definition) is 3. The monoisotopic (exact) mass is 344 g/mol. The number of carbonyl (C=O) groups is 2. The van der Waals surface area contributed by atoms with Gasteiger partial charge in [-0.25, -0.2) is 4.39 Å². The van der Waals surface area contributed by atoms with Gasteiger partial charge >= 0.3 is 0 Å². The minimum Gasteiger partial charge on any atom is -0.496 e. The molecule has 0 fully saturated rings. The number of halogens is 1. The van der Waals surface area contributed by atoms with Gasteiger partial charge in [-0.3, -0.25) is 9.59 Å². The zero-order valence-corrected chi connectivity index (χ0v) is 14.3. The zero-order chi connectivity index (χ0) is 18.2. The number of nitrogens with zero attached hydrogens (tertiary/aromatic N) is 1. The molecule has 2 aromatic carbocycles. The van der Waals surface area contributed by atoms with E-state index in [9.17, 15) is 14.0 Å². The van der Waals surface area contributed by atoms with Crippen LogP contribution in [0.15, 0.2) is 48.5 Å². The number of para-hydroxylation sites is 1. The van der Waals surface area contributed by atoms with E-state index in [1.807, 2.05) is 24.3 Å². The number of carbonyl (C=O) groups excluding carboxylic acids is 2. The van der Waals surface area contributed by atoms with E-state index in [2.05, 4.69) is 5.32 Å². The van der Waals surface area contributed by atoms with Crippen molar-refractivity contribution in [1.29, 1.82) is 0 Å². The van der Waals surface area contributed by atoms with Crippen LogP contribution in [0.5, 0.6) is 5.75 Å². The van der Waals surface area contributed by atoms with Crippen molar-refractivity contribution in [1.82, 2.24) is 10.2 Å².